The van der Waals surface area contributed by atoms with Crippen molar-refractivity contribution in [2.45, 2.75) is 70.9 Å². The Labute approximate surface area is 139 Å². The van der Waals surface area contributed by atoms with Gasteiger partial charge in [0, 0.05) is 0 Å². The summed E-state index contributed by atoms with van der Waals surface area (Å²) in [5.74, 6) is -6.04. The first-order valence-electron chi connectivity index (χ1n) is 7.63. The molecule has 1 saturated heterocycles. The van der Waals surface area contributed by atoms with Crippen LogP contribution in [0.2, 0.25) is 0 Å². The number of aliphatic hydroxyl groups excluding tert-OH is 1. The minimum atomic E-state index is -4.19. The lowest BCUT2D eigenvalue weighted by Gasteiger charge is -2.37. The van der Waals surface area contributed by atoms with Crippen molar-refractivity contribution in [3.63, 3.8) is 0 Å². The van der Waals surface area contributed by atoms with Crippen LogP contribution < -0.4 is 0 Å². The van der Waals surface area contributed by atoms with Gasteiger partial charge in [0.15, 0.2) is 6.10 Å². The molecule has 1 amide bonds. The normalized spacial score (nSPS) is 22.2. The van der Waals surface area contributed by atoms with Crippen molar-refractivity contribution in [1.82, 2.24) is 4.90 Å². The fourth-order valence-electron chi connectivity index (χ4n) is 2.32. The number of hydrogen-bond acceptors (Lipinski definition) is 6. The standard InChI is InChI=1S/C15H25F2NO6/c1-7-22-11(20)15(16,17)10(19)9-8-23-14(5,6)18(9)12(21)24-13(2,3)4/h9-10,19H,7-8H2,1-6H3/t9-,10?/m1/s1. The van der Waals surface area contributed by atoms with Crippen molar-refractivity contribution in [1.29, 1.82) is 0 Å². The number of rotatable bonds is 4. The molecule has 0 aliphatic carbocycles. The Hall–Kier alpha value is -1.48. The van der Waals surface area contributed by atoms with E-state index in [1.165, 1.54) is 20.8 Å². The molecule has 7 nitrogen and oxygen atoms in total. The summed E-state index contributed by atoms with van der Waals surface area (Å²) in [6.07, 6.45) is -3.42. The molecule has 0 saturated carbocycles. The van der Waals surface area contributed by atoms with E-state index in [-0.39, 0.29) is 13.2 Å². The van der Waals surface area contributed by atoms with Gasteiger partial charge in [0.1, 0.15) is 11.3 Å². The van der Waals surface area contributed by atoms with Crippen LogP contribution in [0.5, 0.6) is 0 Å². The Kier molecular flexibility index (Phi) is 5.82. The number of esters is 1. The number of carbonyl (C=O) groups is 2. The molecule has 1 rings (SSSR count). The topological polar surface area (TPSA) is 85.3 Å². The van der Waals surface area contributed by atoms with Crippen LogP contribution in [-0.4, -0.2) is 64.7 Å². The second-order valence-corrected chi connectivity index (χ2v) is 6.96. The number of hydrogen-bond donors (Lipinski definition) is 1. The van der Waals surface area contributed by atoms with Gasteiger partial charge in [0.25, 0.3) is 0 Å². The summed E-state index contributed by atoms with van der Waals surface area (Å²) in [5, 5.41) is 10.0. The van der Waals surface area contributed by atoms with Crippen molar-refractivity contribution in [2.24, 2.45) is 0 Å². The first-order chi connectivity index (χ1) is 10.7. The number of ether oxygens (including phenoxy) is 3. The Morgan fingerprint density at radius 1 is 1.38 bits per heavy atom. The Morgan fingerprint density at radius 2 is 1.92 bits per heavy atom. The van der Waals surface area contributed by atoms with Gasteiger partial charge in [-0.2, -0.15) is 8.78 Å². The van der Waals surface area contributed by atoms with E-state index in [0.717, 1.165) is 4.90 Å². The van der Waals surface area contributed by atoms with Crippen LogP contribution >= 0.6 is 0 Å². The van der Waals surface area contributed by atoms with E-state index in [0.29, 0.717) is 0 Å². The van der Waals surface area contributed by atoms with Gasteiger partial charge in [-0.3, -0.25) is 4.90 Å². The molecule has 1 aliphatic heterocycles. The summed E-state index contributed by atoms with van der Waals surface area (Å²) in [6.45, 7) is 8.55. The van der Waals surface area contributed by atoms with Crippen LogP contribution in [-0.2, 0) is 19.0 Å². The molecule has 1 aliphatic rings. The average Bonchev–Trinajstić information content (AvgIpc) is 2.71. The predicted molar refractivity (Wildman–Crippen MR) is 79.5 cm³/mol. The Balaban J connectivity index is 3.08. The van der Waals surface area contributed by atoms with E-state index in [1.807, 2.05) is 0 Å². The molecule has 9 heteroatoms. The van der Waals surface area contributed by atoms with Crippen LogP contribution in [0, 0.1) is 0 Å². The molecule has 1 heterocycles. The molecule has 0 radical (unpaired) electrons. The van der Waals surface area contributed by atoms with Crippen LogP contribution in [0.15, 0.2) is 0 Å². The summed E-state index contributed by atoms with van der Waals surface area (Å²) in [5.41, 5.74) is -2.15. The van der Waals surface area contributed by atoms with Crippen molar-refractivity contribution in [2.75, 3.05) is 13.2 Å². The van der Waals surface area contributed by atoms with E-state index >= 15 is 0 Å². The molecule has 140 valence electrons. The maximum atomic E-state index is 14.1. The van der Waals surface area contributed by atoms with Gasteiger partial charge in [-0.25, -0.2) is 9.59 Å². The second kappa shape index (κ2) is 6.79. The zero-order chi connectivity index (χ0) is 18.9. The minimum absolute atomic E-state index is 0.260. The molecule has 1 unspecified atom stereocenters. The van der Waals surface area contributed by atoms with Gasteiger partial charge < -0.3 is 19.3 Å². The largest absolute Gasteiger partial charge is 0.461 e. The predicted octanol–water partition coefficient (Wildman–Crippen LogP) is 1.92. The highest BCUT2D eigenvalue weighted by Crippen LogP contribution is 2.35. The second-order valence-electron chi connectivity index (χ2n) is 6.96. The van der Waals surface area contributed by atoms with E-state index in [1.54, 1.807) is 20.8 Å². The molecule has 0 spiro atoms. The Bertz CT molecular complexity index is 489. The van der Waals surface area contributed by atoms with Gasteiger partial charge >= 0.3 is 18.0 Å². The number of amides is 1. The maximum absolute atomic E-state index is 14.1. The highest BCUT2D eigenvalue weighted by Gasteiger charge is 2.58. The molecule has 0 aromatic heterocycles. The smallest absolute Gasteiger partial charge is 0.412 e. The lowest BCUT2D eigenvalue weighted by molar-refractivity contribution is -0.194. The van der Waals surface area contributed by atoms with Gasteiger partial charge in [-0.15, -0.1) is 0 Å². The van der Waals surface area contributed by atoms with Crippen molar-refractivity contribution >= 4 is 12.1 Å². The fraction of sp³-hybridized carbons (Fsp3) is 0.867. The summed E-state index contributed by atoms with van der Waals surface area (Å²) >= 11 is 0. The number of carbonyl (C=O) groups excluding carboxylic acids is 2. The molecule has 0 aromatic rings. The number of halogens is 2. The summed E-state index contributed by atoms with van der Waals surface area (Å²) in [6, 6.07) is -1.46. The van der Waals surface area contributed by atoms with Crippen LogP contribution in [0.1, 0.15) is 41.5 Å². The SMILES string of the molecule is CCOC(=O)C(F)(F)C(O)[C@H]1COC(C)(C)N1C(=O)OC(C)(C)C. The van der Waals surface area contributed by atoms with Crippen LogP contribution in [0.4, 0.5) is 13.6 Å². The number of aliphatic hydroxyl groups is 1. The Morgan fingerprint density at radius 3 is 2.38 bits per heavy atom. The maximum Gasteiger partial charge on any atom is 0.412 e. The molecule has 1 N–H and O–H groups in total. The van der Waals surface area contributed by atoms with E-state index in [9.17, 15) is 23.5 Å². The molecule has 24 heavy (non-hydrogen) atoms. The van der Waals surface area contributed by atoms with Gasteiger partial charge in [-0.05, 0) is 41.5 Å². The highest BCUT2D eigenvalue weighted by molar-refractivity contribution is 5.79. The minimum Gasteiger partial charge on any atom is -0.461 e. The van der Waals surface area contributed by atoms with Crippen LogP contribution in [0.3, 0.4) is 0 Å². The van der Waals surface area contributed by atoms with Crippen molar-refractivity contribution in [3.8, 4) is 0 Å². The third-order valence-electron chi connectivity index (χ3n) is 3.39. The zero-order valence-corrected chi connectivity index (χ0v) is 14.8. The number of alkyl halides is 2. The first-order valence-corrected chi connectivity index (χ1v) is 7.63. The summed E-state index contributed by atoms with van der Waals surface area (Å²) in [7, 11) is 0. The molecular weight excluding hydrogens is 328 g/mol. The zero-order valence-electron chi connectivity index (χ0n) is 14.8. The number of nitrogens with zero attached hydrogens (tertiary/aromatic N) is 1. The lowest BCUT2D eigenvalue weighted by atomic mass is 10.0. The third kappa shape index (κ3) is 4.32. The molecule has 0 aromatic carbocycles. The van der Waals surface area contributed by atoms with E-state index < -0.39 is 41.5 Å². The van der Waals surface area contributed by atoms with Crippen LogP contribution in [0.25, 0.3) is 0 Å². The fourth-order valence-corrected chi connectivity index (χ4v) is 2.32. The summed E-state index contributed by atoms with van der Waals surface area (Å²) in [4.78, 5) is 24.7. The van der Waals surface area contributed by atoms with Gasteiger partial charge in [0.05, 0.1) is 19.3 Å². The molecule has 2 atom stereocenters. The monoisotopic (exact) mass is 353 g/mol. The molecule has 0 bridgehead atoms. The van der Waals surface area contributed by atoms with Crippen molar-refractivity contribution < 1.29 is 37.7 Å². The molecular formula is C15H25F2NO6. The molecule has 1 fully saturated rings. The van der Waals surface area contributed by atoms with Gasteiger partial charge in [0.2, 0.25) is 0 Å². The van der Waals surface area contributed by atoms with Gasteiger partial charge in [-0.1, -0.05) is 0 Å². The summed E-state index contributed by atoms with van der Waals surface area (Å²) < 4.78 is 43.1. The van der Waals surface area contributed by atoms with E-state index in [2.05, 4.69) is 4.74 Å². The lowest BCUT2D eigenvalue weighted by Crippen LogP contribution is -2.59. The quantitative estimate of drug-likeness (QED) is 0.777. The highest BCUT2D eigenvalue weighted by atomic mass is 19.3. The average molecular weight is 353 g/mol. The van der Waals surface area contributed by atoms with Crippen molar-refractivity contribution in [3.05, 3.63) is 0 Å². The first kappa shape index (κ1) is 20.6. The third-order valence-corrected chi connectivity index (χ3v) is 3.39. The van der Waals surface area contributed by atoms with E-state index in [4.69, 9.17) is 9.47 Å².